The van der Waals surface area contributed by atoms with E-state index in [1.807, 2.05) is 30.3 Å². The SMILES string of the molecule is CC(C)[N+]1(C)C2CCC1CC(OC(=O)C(CO)c1ccccc1)C2.O=S(=O)(O)O. The highest BCUT2D eigenvalue weighted by Gasteiger charge is 2.53. The maximum Gasteiger partial charge on any atom is 0.394 e. The van der Waals surface area contributed by atoms with Gasteiger partial charge in [0.1, 0.15) is 12.0 Å². The van der Waals surface area contributed by atoms with Crippen molar-refractivity contribution in [2.24, 2.45) is 0 Å². The van der Waals surface area contributed by atoms with Crippen LogP contribution in [0.4, 0.5) is 0 Å². The molecule has 2 aliphatic heterocycles. The summed E-state index contributed by atoms with van der Waals surface area (Å²) in [5.41, 5.74) is 0.826. The quantitative estimate of drug-likeness (QED) is 0.372. The highest BCUT2D eigenvalue weighted by Crippen LogP contribution is 2.44. The zero-order valence-electron chi connectivity index (χ0n) is 17.1. The topological polar surface area (TPSA) is 121 Å². The van der Waals surface area contributed by atoms with Crippen molar-refractivity contribution in [1.29, 1.82) is 0 Å². The molecular weight excluding hydrogens is 398 g/mol. The summed E-state index contributed by atoms with van der Waals surface area (Å²) in [6.45, 7) is 4.39. The summed E-state index contributed by atoms with van der Waals surface area (Å²) < 4.78 is 38.5. The van der Waals surface area contributed by atoms with Crippen LogP contribution < -0.4 is 0 Å². The van der Waals surface area contributed by atoms with E-state index in [1.54, 1.807) is 0 Å². The zero-order valence-corrected chi connectivity index (χ0v) is 18.0. The molecule has 0 saturated carbocycles. The highest BCUT2D eigenvalue weighted by atomic mass is 32.3. The lowest BCUT2D eigenvalue weighted by molar-refractivity contribution is -0.968. The van der Waals surface area contributed by atoms with Crippen LogP contribution in [-0.4, -0.2) is 71.0 Å². The van der Waals surface area contributed by atoms with Gasteiger partial charge < -0.3 is 14.3 Å². The summed E-state index contributed by atoms with van der Waals surface area (Å²) in [6, 6.07) is 11.2. The van der Waals surface area contributed by atoms with Crippen molar-refractivity contribution in [3.05, 3.63) is 35.9 Å². The third-order valence-electron chi connectivity index (χ3n) is 6.54. The molecule has 8 nitrogen and oxygen atoms in total. The van der Waals surface area contributed by atoms with Crippen molar-refractivity contribution < 1.29 is 36.6 Å². The molecule has 2 aliphatic rings. The summed E-state index contributed by atoms with van der Waals surface area (Å²) in [5.74, 6) is -0.856. The number of quaternary nitrogens is 1. The largest absolute Gasteiger partial charge is 0.461 e. The van der Waals surface area contributed by atoms with Gasteiger partial charge in [0.05, 0.1) is 31.8 Å². The molecule has 2 saturated heterocycles. The second kappa shape index (κ2) is 9.53. The minimum atomic E-state index is -4.67. The Kier molecular flexibility index (Phi) is 7.80. The Bertz CT molecular complexity index is 759. The van der Waals surface area contributed by atoms with Crippen LogP contribution in [0.1, 0.15) is 51.0 Å². The fraction of sp³-hybridized carbons (Fsp3) is 0.650. The number of benzene rings is 1. The normalized spacial score (nSPS) is 29.7. The Balaban J connectivity index is 0.000000537. The Morgan fingerprint density at radius 2 is 1.62 bits per heavy atom. The third-order valence-corrected chi connectivity index (χ3v) is 6.54. The van der Waals surface area contributed by atoms with Crippen molar-refractivity contribution >= 4 is 16.4 Å². The number of carbonyl (C=O) groups excluding carboxylic acids is 1. The molecule has 0 aliphatic carbocycles. The van der Waals surface area contributed by atoms with Crippen molar-refractivity contribution in [2.45, 2.75) is 69.7 Å². The molecule has 3 unspecified atom stereocenters. The van der Waals surface area contributed by atoms with Crippen LogP contribution >= 0.6 is 0 Å². The van der Waals surface area contributed by atoms with E-state index in [2.05, 4.69) is 20.9 Å². The Morgan fingerprint density at radius 3 is 2.03 bits per heavy atom. The van der Waals surface area contributed by atoms with Gasteiger partial charge in [-0.05, 0) is 19.4 Å². The Hall–Kier alpha value is -1.52. The predicted octanol–water partition coefficient (Wildman–Crippen LogP) is 2.20. The summed E-state index contributed by atoms with van der Waals surface area (Å²) >= 11 is 0. The molecule has 0 aromatic heterocycles. The first kappa shape index (κ1) is 23.8. The monoisotopic (exact) mass is 430 g/mol. The Labute approximate surface area is 172 Å². The molecule has 3 atom stereocenters. The fourth-order valence-electron chi connectivity index (χ4n) is 4.82. The van der Waals surface area contributed by atoms with Crippen LogP contribution in [0.3, 0.4) is 0 Å². The number of esters is 1. The fourth-order valence-corrected chi connectivity index (χ4v) is 4.82. The van der Waals surface area contributed by atoms with E-state index in [0.29, 0.717) is 18.1 Å². The average molecular weight is 431 g/mol. The molecule has 3 rings (SSSR count). The van der Waals surface area contributed by atoms with Gasteiger partial charge in [-0.1, -0.05) is 30.3 Å². The van der Waals surface area contributed by atoms with Crippen molar-refractivity contribution in [3.8, 4) is 0 Å². The molecule has 1 aromatic carbocycles. The van der Waals surface area contributed by atoms with E-state index >= 15 is 0 Å². The number of aliphatic hydroxyl groups is 1. The molecule has 9 heteroatoms. The molecule has 0 spiro atoms. The molecule has 0 amide bonds. The smallest absolute Gasteiger partial charge is 0.394 e. The molecule has 29 heavy (non-hydrogen) atoms. The van der Waals surface area contributed by atoms with E-state index in [4.69, 9.17) is 22.3 Å². The Morgan fingerprint density at radius 1 is 1.14 bits per heavy atom. The number of rotatable bonds is 5. The van der Waals surface area contributed by atoms with Crippen LogP contribution in [0.15, 0.2) is 30.3 Å². The van der Waals surface area contributed by atoms with Gasteiger partial charge >= 0.3 is 16.4 Å². The lowest BCUT2D eigenvalue weighted by Crippen LogP contribution is -2.62. The molecule has 2 bridgehead atoms. The standard InChI is InChI=1S/C20H30NO3.H2O4S/c1-14(2)21(3)16-9-10-17(21)12-18(11-16)24-20(23)19(13-22)15-7-5-4-6-8-15;1-5(2,3)4/h4-8,14,16-19,22H,9-13H2,1-3H3;(H2,1,2,3,4)/q+1;. The van der Waals surface area contributed by atoms with Crippen LogP contribution in [-0.2, 0) is 19.9 Å². The first-order chi connectivity index (χ1) is 13.5. The van der Waals surface area contributed by atoms with E-state index in [1.165, 1.54) is 12.8 Å². The highest BCUT2D eigenvalue weighted by molar-refractivity contribution is 7.79. The van der Waals surface area contributed by atoms with Crippen molar-refractivity contribution in [3.63, 3.8) is 0 Å². The number of nitrogens with zero attached hydrogens (tertiary/aromatic N) is 1. The third kappa shape index (κ3) is 5.99. The number of hydrogen-bond donors (Lipinski definition) is 3. The first-order valence-electron chi connectivity index (χ1n) is 9.88. The van der Waals surface area contributed by atoms with Gasteiger partial charge in [-0.25, -0.2) is 0 Å². The maximum atomic E-state index is 12.6. The van der Waals surface area contributed by atoms with Gasteiger partial charge in [-0.15, -0.1) is 0 Å². The van der Waals surface area contributed by atoms with Crippen LogP contribution in [0.2, 0.25) is 0 Å². The van der Waals surface area contributed by atoms with E-state index in [-0.39, 0.29) is 18.7 Å². The summed E-state index contributed by atoms with van der Waals surface area (Å²) in [6.07, 6.45) is 4.36. The second-order valence-electron chi connectivity index (χ2n) is 8.32. The number of hydrogen-bond acceptors (Lipinski definition) is 5. The van der Waals surface area contributed by atoms with Gasteiger partial charge in [0.15, 0.2) is 0 Å². The van der Waals surface area contributed by atoms with Gasteiger partial charge in [-0.2, -0.15) is 8.42 Å². The molecule has 3 N–H and O–H groups in total. The molecule has 164 valence electrons. The van der Waals surface area contributed by atoms with Crippen LogP contribution in [0.5, 0.6) is 0 Å². The lowest BCUT2D eigenvalue weighted by atomic mass is 9.94. The first-order valence-corrected chi connectivity index (χ1v) is 11.3. The predicted molar refractivity (Wildman–Crippen MR) is 108 cm³/mol. The van der Waals surface area contributed by atoms with Gasteiger partial charge in [0.2, 0.25) is 0 Å². The number of piperidine rings is 1. The molecule has 1 aromatic rings. The van der Waals surface area contributed by atoms with Gasteiger partial charge in [0, 0.05) is 25.7 Å². The number of ether oxygens (including phenoxy) is 1. The van der Waals surface area contributed by atoms with E-state index in [0.717, 1.165) is 22.9 Å². The molecule has 2 heterocycles. The summed E-state index contributed by atoms with van der Waals surface area (Å²) in [5, 5.41) is 9.65. The van der Waals surface area contributed by atoms with Crippen molar-refractivity contribution in [1.82, 2.24) is 0 Å². The lowest BCUT2D eigenvalue weighted by Gasteiger charge is -2.49. The van der Waals surface area contributed by atoms with Crippen molar-refractivity contribution in [2.75, 3.05) is 13.7 Å². The van der Waals surface area contributed by atoms with Crippen LogP contribution in [0.25, 0.3) is 0 Å². The van der Waals surface area contributed by atoms with Gasteiger partial charge in [-0.3, -0.25) is 13.9 Å². The molecule has 2 fully saturated rings. The summed E-state index contributed by atoms with van der Waals surface area (Å²) in [7, 11) is -2.30. The number of aliphatic hydroxyl groups excluding tert-OH is 1. The molecule has 0 radical (unpaired) electrons. The molecular formula is C20H32NO7S+. The number of fused-ring (bicyclic) bond motifs is 2. The van der Waals surface area contributed by atoms with Gasteiger partial charge in [0.25, 0.3) is 0 Å². The zero-order chi connectivity index (χ0) is 21.8. The summed E-state index contributed by atoms with van der Waals surface area (Å²) in [4.78, 5) is 12.6. The number of carbonyl (C=O) groups is 1. The maximum absolute atomic E-state index is 12.6. The van der Waals surface area contributed by atoms with E-state index < -0.39 is 16.3 Å². The minimum absolute atomic E-state index is 0.00212. The second-order valence-corrected chi connectivity index (χ2v) is 9.22. The average Bonchev–Trinajstić information content (AvgIpc) is 2.79. The van der Waals surface area contributed by atoms with Crippen LogP contribution in [0, 0.1) is 0 Å². The minimum Gasteiger partial charge on any atom is -0.461 e. The van der Waals surface area contributed by atoms with E-state index in [9.17, 15) is 9.90 Å².